The van der Waals surface area contributed by atoms with Crippen molar-refractivity contribution in [3.05, 3.63) is 65.8 Å². The van der Waals surface area contributed by atoms with Crippen molar-refractivity contribution >= 4 is 11.6 Å². The highest BCUT2D eigenvalue weighted by molar-refractivity contribution is 6.07. The first-order valence-corrected chi connectivity index (χ1v) is 6.32. The molecule has 114 valence electrons. The third kappa shape index (κ3) is 3.87. The van der Waals surface area contributed by atoms with Crippen molar-refractivity contribution in [2.75, 3.05) is 18.5 Å². The molecule has 0 radical (unpaired) electrons. The molecular formula is C16H15F2N3O. The molecule has 0 aromatic heterocycles. The molecule has 0 spiro atoms. The van der Waals surface area contributed by atoms with Crippen molar-refractivity contribution in [3.8, 4) is 6.07 Å². The average Bonchev–Trinajstić information content (AvgIpc) is 2.52. The van der Waals surface area contributed by atoms with Crippen molar-refractivity contribution in [1.29, 1.82) is 5.26 Å². The van der Waals surface area contributed by atoms with Crippen LogP contribution in [0.3, 0.4) is 0 Å². The van der Waals surface area contributed by atoms with E-state index in [9.17, 15) is 13.6 Å². The molecule has 6 heteroatoms. The molecule has 22 heavy (non-hydrogen) atoms. The van der Waals surface area contributed by atoms with Gasteiger partial charge in [-0.2, -0.15) is 5.26 Å². The summed E-state index contributed by atoms with van der Waals surface area (Å²) in [4.78, 5) is 13.2. The third-order valence-corrected chi connectivity index (χ3v) is 2.83. The molecule has 1 rings (SSSR count). The van der Waals surface area contributed by atoms with E-state index in [1.165, 1.54) is 25.3 Å². The number of carbonyl (C=O) groups is 1. The Hall–Kier alpha value is -2.78. The number of allylic oxidation sites excluding steroid dienone is 2. The van der Waals surface area contributed by atoms with Gasteiger partial charge in [0.2, 0.25) is 0 Å². The SMILES string of the molecule is C=C/C(C(=O)N(C)c1ccc(C#N)cc1F)=C(F)\C=C/CN. The van der Waals surface area contributed by atoms with Crippen molar-refractivity contribution in [1.82, 2.24) is 0 Å². The molecule has 1 aromatic carbocycles. The summed E-state index contributed by atoms with van der Waals surface area (Å²) < 4.78 is 27.8. The van der Waals surface area contributed by atoms with Gasteiger partial charge in [-0.1, -0.05) is 18.7 Å². The quantitative estimate of drug-likeness (QED) is 0.671. The fraction of sp³-hybridized carbons (Fsp3) is 0.125. The van der Waals surface area contributed by atoms with Gasteiger partial charge < -0.3 is 10.6 Å². The van der Waals surface area contributed by atoms with Gasteiger partial charge in [-0.3, -0.25) is 4.79 Å². The van der Waals surface area contributed by atoms with Gasteiger partial charge in [0, 0.05) is 13.6 Å². The fourth-order valence-corrected chi connectivity index (χ4v) is 1.69. The number of halogens is 2. The molecule has 2 N–H and O–H groups in total. The highest BCUT2D eigenvalue weighted by atomic mass is 19.1. The first-order valence-electron chi connectivity index (χ1n) is 6.32. The van der Waals surface area contributed by atoms with Crippen LogP contribution in [0.1, 0.15) is 5.56 Å². The first kappa shape index (κ1) is 17.3. The van der Waals surface area contributed by atoms with Gasteiger partial charge in [0.05, 0.1) is 22.9 Å². The maximum Gasteiger partial charge on any atom is 0.261 e. The minimum Gasteiger partial charge on any atom is -0.327 e. The highest BCUT2D eigenvalue weighted by Gasteiger charge is 2.20. The number of carbonyl (C=O) groups excluding carboxylic acids is 1. The summed E-state index contributed by atoms with van der Waals surface area (Å²) >= 11 is 0. The van der Waals surface area contributed by atoms with Crippen LogP contribution in [0, 0.1) is 17.1 Å². The molecule has 0 saturated heterocycles. The van der Waals surface area contributed by atoms with Crippen LogP contribution >= 0.6 is 0 Å². The Balaban J connectivity index is 3.19. The van der Waals surface area contributed by atoms with Gasteiger partial charge in [-0.25, -0.2) is 8.78 Å². The van der Waals surface area contributed by atoms with E-state index in [2.05, 4.69) is 6.58 Å². The van der Waals surface area contributed by atoms with Crippen LogP contribution in [0.2, 0.25) is 0 Å². The van der Waals surface area contributed by atoms with E-state index in [1.807, 2.05) is 0 Å². The van der Waals surface area contributed by atoms with E-state index in [-0.39, 0.29) is 23.4 Å². The normalized spacial score (nSPS) is 11.8. The van der Waals surface area contributed by atoms with Gasteiger partial charge in [0.1, 0.15) is 11.6 Å². The Morgan fingerprint density at radius 1 is 1.55 bits per heavy atom. The maximum atomic E-state index is 13.9. The van der Waals surface area contributed by atoms with Crippen LogP contribution in [-0.2, 0) is 4.79 Å². The highest BCUT2D eigenvalue weighted by Crippen LogP contribution is 2.22. The van der Waals surface area contributed by atoms with Crippen molar-refractivity contribution in [2.45, 2.75) is 0 Å². The number of hydrogen-bond donors (Lipinski definition) is 1. The topological polar surface area (TPSA) is 70.1 Å². The average molecular weight is 303 g/mol. The second-order valence-corrected chi connectivity index (χ2v) is 4.25. The number of amides is 1. The lowest BCUT2D eigenvalue weighted by molar-refractivity contribution is -0.114. The summed E-state index contributed by atoms with van der Waals surface area (Å²) in [6.45, 7) is 3.51. The van der Waals surface area contributed by atoms with Gasteiger partial charge >= 0.3 is 0 Å². The van der Waals surface area contributed by atoms with Gasteiger partial charge in [-0.05, 0) is 24.3 Å². The smallest absolute Gasteiger partial charge is 0.261 e. The molecule has 0 fully saturated rings. The Labute approximate surface area is 127 Å². The number of rotatable bonds is 5. The molecule has 0 heterocycles. The minimum atomic E-state index is -0.814. The van der Waals surface area contributed by atoms with Crippen LogP contribution in [-0.4, -0.2) is 19.5 Å². The second kappa shape index (κ2) is 7.86. The van der Waals surface area contributed by atoms with Crippen LogP contribution in [0.5, 0.6) is 0 Å². The lowest BCUT2D eigenvalue weighted by Crippen LogP contribution is -2.28. The first-order chi connectivity index (χ1) is 10.5. The predicted molar refractivity (Wildman–Crippen MR) is 81.1 cm³/mol. The van der Waals surface area contributed by atoms with Crippen molar-refractivity contribution < 1.29 is 13.6 Å². The van der Waals surface area contributed by atoms with E-state index in [1.54, 1.807) is 6.07 Å². The Morgan fingerprint density at radius 2 is 2.23 bits per heavy atom. The molecule has 0 unspecified atom stereocenters. The zero-order valence-electron chi connectivity index (χ0n) is 12.0. The number of hydrogen-bond acceptors (Lipinski definition) is 3. The van der Waals surface area contributed by atoms with Gasteiger partial charge in [0.25, 0.3) is 5.91 Å². The Morgan fingerprint density at radius 3 is 2.73 bits per heavy atom. The second-order valence-electron chi connectivity index (χ2n) is 4.25. The zero-order valence-corrected chi connectivity index (χ0v) is 12.0. The molecule has 0 aliphatic heterocycles. The van der Waals surface area contributed by atoms with E-state index < -0.39 is 17.6 Å². The molecular weight excluding hydrogens is 288 g/mol. The fourth-order valence-electron chi connectivity index (χ4n) is 1.69. The summed E-state index contributed by atoms with van der Waals surface area (Å²) in [5.74, 6) is -2.33. The molecule has 4 nitrogen and oxygen atoms in total. The van der Waals surface area contributed by atoms with E-state index >= 15 is 0 Å². The molecule has 1 amide bonds. The largest absolute Gasteiger partial charge is 0.327 e. The van der Waals surface area contributed by atoms with Crippen LogP contribution in [0.15, 0.2) is 54.4 Å². The van der Waals surface area contributed by atoms with Crippen molar-refractivity contribution in [3.63, 3.8) is 0 Å². The van der Waals surface area contributed by atoms with Gasteiger partial charge in [0.15, 0.2) is 0 Å². The summed E-state index contributed by atoms with van der Waals surface area (Å²) in [7, 11) is 1.30. The Bertz CT molecular complexity index is 687. The third-order valence-electron chi connectivity index (χ3n) is 2.83. The summed E-state index contributed by atoms with van der Waals surface area (Å²) in [6.07, 6.45) is 3.45. The number of benzene rings is 1. The minimum absolute atomic E-state index is 0.0704. The maximum absolute atomic E-state index is 13.9. The number of anilines is 1. The molecule has 0 aliphatic carbocycles. The number of nitrogens with two attached hydrogens (primary N) is 1. The lowest BCUT2D eigenvalue weighted by atomic mass is 10.1. The number of nitriles is 1. The number of nitrogens with zero attached hydrogens (tertiary/aromatic N) is 2. The predicted octanol–water partition coefficient (Wildman–Crippen LogP) is 2.58. The molecule has 0 bridgehead atoms. The van der Waals surface area contributed by atoms with Gasteiger partial charge in [-0.15, -0.1) is 0 Å². The lowest BCUT2D eigenvalue weighted by Gasteiger charge is -2.18. The van der Waals surface area contributed by atoms with E-state index in [0.717, 1.165) is 23.1 Å². The molecule has 0 aliphatic rings. The van der Waals surface area contributed by atoms with E-state index in [4.69, 9.17) is 11.0 Å². The Kier molecular flexibility index (Phi) is 6.17. The van der Waals surface area contributed by atoms with Crippen LogP contribution < -0.4 is 10.6 Å². The summed E-state index contributed by atoms with van der Waals surface area (Å²) in [6, 6.07) is 5.43. The summed E-state index contributed by atoms with van der Waals surface area (Å²) in [5.41, 5.74) is 4.96. The number of likely N-dealkylation sites (N-methyl/N-ethyl adjacent to an activating group) is 1. The van der Waals surface area contributed by atoms with Crippen LogP contribution in [0.4, 0.5) is 14.5 Å². The van der Waals surface area contributed by atoms with Crippen LogP contribution in [0.25, 0.3) is 0 Å². The molecule has 0 atom stereocenters. The molecule has 1 aromatic rings. The standard InChI is InChI=1S/C16H15F2N3O/c1-3-12(13(17)5-4-8-19)16(22)21(2)15-7-6-11(10-20)9-14(15)18/h3-7,9H,1,8,19H2,2H3/b5-4-,13-12-. The monoisotopic (exact) mass is 303 g/mol. The zero-order chi connectivity index (χ0) is 16.7. The van der Waals surface area contributed by atoms with Crippen molar-refractivity contribution in [2.24, 2.45) is 5.73 Å². The summed E-state index contributed by atoms with van der Waals surface area (Å²) in [5, 5.41) is 8.70. The molecule has 0 saturated carbocycles. The van der Waals surface area contributed by atoms with E-state index in [0.29, 0.717) is 0 Å².